The van der Waals surface area contributed by atoms with Gasteiger partial charge < -0.3 is 4.43 Å². The molecule has 0 bridgehead atoms. The number of allylic oxidation sites excluding steroid dienone is 2. The van der Waals surface area contributed by atoms with Crippen molar-refractivity contribution in [1.82, 2.24) is 0 Å². The highest BCUT2D eigenvalue weighted by atomic mass is 28.4. The number of fused-ring (bicyclic) bond motifs is 1. The Kier molecular flexibility index (Phi) is 7.17. The molecule has 2 heteroatoms. The van der Waals surface area contributed by atoms with Gasteiger partial charge >= 0.3 is 0 Å². The van der Waals surface area contributed by atoms with Crippen LogP contribution in [0.25, 0.3) is 0 Å². The second-order valence-corrected chi connectivity index (χ2v) is 16.7. The van der Waals surface area contributed by atoms with E-state index in [1.54, 1.807) is 0 Å². The van der Waals surface area contributed by atoms with Crippen LogP contribution in [-0.4, -0.2) is 14.4 Å². The zero-order chi connectivity index (χ0) is 20.6. The highest BCUT2D eigenvalue weighted by molar-refractivity contribution is 6.74. The Bertz CT molecular complexity index is 515. The van der Waals surface area contributed by atoms with Crippen molar-refractivity contribution >= 4 is 8.32 Å². The minimum absolute atomic E-state index is 0.307. The second kappa shape index (κ2) is 8.34. The van der Waals surface area contributed by atoms with Gasteiger partial charge in [-0.1, -0.05) is 74.0 Å². The first-order chi connectivity index (χ1) is 12.3. The van der Waals surface area contributed by atoms with E-state index in [9.17, 15) is 0 Å². The minimum Gasteiger partial charge on any atom is -0.414 e. The summed E-state index contributed by atoms with van der Waals surface area (Å²) in [5, 5.41) is 0.307. The lowest BCUT2D eigenvalue weighted by molar-refractivity contribution is -0.0163. The quantitative estimate of drug-likeness (QED) is 0.328. The van der Waals surface area contributed by atoms with Crippen LogP contribution in [0.5, 0.6) is 0 Å². The molecule has 2 aliphatic rings. The standard InChI is InChI=1S/C25H48OSi/c1-18(2)19(3)13-14-20(4)21-15-16-22-23(12-11-17-25(21,22)8)26-27(9,10)24(5,6)7/h13-14,18-23H,11-12,15-17H2,1-10H3/b14-13+/t19-,20+,21?,22?,23-,25?/m0/s1. The molecule has 0 aliphatic heterocycles. The third-order valence-corrected chi connectivity index (χ3v) is 13.3. The predicted octanol–water partition coefficient (Wildman–Crippen LogP) is 8.08. The Morgan fingerprint density at radius 1 is 1.00 bits per heavy atom. The first-order valence-corrected chi connectivity index (χ1v) is 14.6. The summed E-state index contributed by atoms with van der Waals surface area (Å²) >= 11 is 0. The second-order valence-electron chi connectivity index (χ2n) is 12.0. The van der Waals surface area contributed by atoms with Crippen molar-refractivity contribution in [1.29, 1.82) is 0 Å². The summed E-state index contributed by atoms with van der Waals surface area (Å²) < 4.78 is 7.00. The largest absolute Gasteiger partial charge is 0.414 e. The highest BCUT2D eigenvalue weighted by Gasteiger charge is 2.54. The lowest BCUT2D eigenvalue weighted by Crippen LogP contribution is -2.50. The average molecular weight is 393 g/mol. The van der Waals surface area contributed by atoms with E-state index in [2.05, 4.69) is 80.6 Å². The Balaban J connectivity index is 2.13. The van der Waals surface area contributed by atoms with E-state index in [1.165, 1.54) is 32.1 Å². The molecule has 0 aromatic heterocycles. The van der Waals surface area contributed by atoms with Gasteiger partial charge in [0.25, 0.3) is 0 Å². The molecule has 3 unspecified atom stereocenters. The van der Waals surface area contributed by atoms with E-state index in [0.29, 0.717) is 28.4 Å². The molecule has 0 N–H and O–H groups in total. The molecule has 2 fully saturated rings. The summed E-state index contributed by atoms with van der Waals surface area (Å²) in [6.45, 7) is 24.1. The smallest absolute Gasteiger partial charge is 0.192 e. The van der Waals surface area contributed by atoms with Gasteiger partial charge in [0.05, 0.1) is 0 Å². The molecule has 2 saturated carbocycles. The lowest BCUT2D eigenvalue weighted by atomic mass is 9.62. The molecule has 2 rings (SSSR count). The van der Waals surface area contributed by atoms with Crippen LogP contribution < -0.4 is 0 Å². The molecule has 0 saturated heterocycles. The van der Waals surface area contributed by atoms with Gasteiger partial charge in [-0.3, -0.25) is 0 Å². The molecular weight excluding hydrogens is 344 g/mol. The Morgan fingerprint density at radius 3 is 2.19 bits per heavy atom. The van der Waals surface area contributed by atoms with Gasteiger partial charge in [-0.15, -0.1) is 0 Å². The van der Waals surface area contributed by atoms with Gasteiger partial charge in [-0.2, -0.15) is 0 Å². The van der Waals surface area contributed by atoms with Crippen molar-refractivity contribution in [2.45, 2.75) is 112 Å². The molecule has 1 nitrogen and oxygen atoms in total. The molecule has 0 radical (unpaired) electrons. The van der Waals surface area contributed by atoms with Crippen LogP contribution in [0.1, 0.15) is 87.5 Å². The molecule has 0 heterocycles. The minimum atomic E-state index is -1.69. The Hall–Kier alpha value is -0.0831. The van der Waals surface area contributed by atoms with Crippen LogP contribution in [0.4, 0.5) is 0 Å². The maximum atomic E-state index is 7.00. The van der Waals surface area contributed by atoms with Crippen molar-refractivity contribution in [3.63, 3.8) is 0 Å². The molecular formula is C25H48OSi. The molecule has 158 valence electrons. The summed E-state index contributed by atoms with van der Waals surface area (Å²) in [4.78, 5) is 0. The molecule has 6 atom stereocenters. The molecule has 0 aromatic carbocycles. The summed E-state index contributed by atoms with van der Waals surface area (Å²) in [7, 11) is -1.69. The van der Waals surface area contributed by atoms with Crippen LogP contribution in [0.3, 0.4) is 0 Å². The van der Waals surface area contributed by atoms with E-state index in [-0.39, 0.29) is 0 Å². The van der Waals surface area contributed by atoms with Crippen LogP contribution >= 0.6 is 0 Å². The average Bonchev–Trinajstić information content (AvgIpc) is 2.89. The molecule has 0 aromatic rings. The van der Waals surface area contributed by atoms with Crippen molar-refractivity contribution in [2.24, 2.45) is 35.0 Å². The van der Waals surface area contributed by atoms with Gasteiger partial charge in [0.1, 0.15) is 0 Å². The normalized spacial score (nSPS) is 34.9. The zero-order valence-electron chi connectivity index (χ0n) is 20.1. The van der Waals surface area contributed by atoms with Crippen molar-refractivity contribution < 1.29 is 4.43 Å². The first kappa shape index (κ1) is 23.2. The van der Waals surface area contributed by atoms with Crippen LogP contribution in [-0.2, 0) is 4.43 Å². The van der Waals surface area contributed by atoms with E-state index in [1.807, 2.05) is 0 Å². The monoisotopic (exact) mass is 392 g/mol. The van der Waals surface area contributed by atoms with Crippen molar-refractivity contribution in [3.8, 4) is 0 Å². The number of rotatable bonds is 6. The number of hydrogen-bond donors (Lipinski definition) is 0. The number of hydrogen-bond acceptors (Lipinski definition) is 1. The van der Waals surface area contributed by atoms with Crippen LogP contribution in [0.2, 0.25) is 18.1 Å². The van der Waals surface area contributed by atoms with Gasteiger partial charge in [0.2, 0.25) is 0 Å². The predicted molar refractivity (Wildman–Crippen MR) is 123 cm³/mol. The fraction of sp³-hybridized carbons (Fsp3) is 0.920. The van der Waals surface area contributed by atoms with Crippen LogP contribution in [0.15, 0.2) is 12.2 Å². The summed E-state index contributed by atoms with van der Waals surface area (Å²) in [6, 6.07) is 0. The summed E-state index contributed by atoms with van der Waals surface area (Å²) in [5.74, 6) is 3.69. The fourth-order valence-electron chi connectivity index (χ4n) is 5.43. The van der Waals surface area contributed by atoms with E-state index >= 15 is 0 Å². The molecule has 0 spiro atoms. The van der Waals surface area contributed by atoms with Gasteiger partial charge in [0.15, 0.2) is 8.32 Å². The van der Waals surface area contributed by atoms with Crippen molar-refractivity contribution in [2.75, 3.05) is 0 Å². The van der Waals surface area contributed by atoms with Gasteiger partial charge in [0, 0.05) is 6.10 Å². The topological polar surface area (TPSA) is 9.23 Å². The highest BCUT2D eigenvalue weighted by Crippen LogP contribution is 2.59. The van der Waals surface area contributed by atoms with E-state index in [0.717, 1.165) is 17.8 Å². The van der Waals surface area contributed by atoms with Gasteiger partial charge in [-0.05, 0) is 78.8 Å². The van der Waals surface area contributed by atoms with E-state index < -0.39 is 8.32 Å². The maximum Gasteiger partial charge on any atom is 0.192 e. The van der Waals surface area contributed by atoms with Gasteiger partial charge in [-0.25, -0.2) is 0 Å². The zero-order valence-corrected chi connectivity index (χ0v) is 21.1. The van der Waals surface area contributed by atoms with Crippen molar-refractivity contribution in [3.05, 3.63) is 12.2 Å². The van der Waals surface area contributed by atoms with E-state index in [4.69, 9.17) is 4.43 Å². The Morgan fingerprint density at radius 2 is 1.63 bits per heavy atom. The molecule has 27 heavy (non-hydrogen) atoms. The summed E-state index contributed by atoms with van der Waals surface area (Å²) in [6.07, 6.45) is 12.3. The third-order valence-electron chi connectivity index (χ3n) is 8.79. The molecule has 0 amide bonds. The van der Waals surface area contributed by atoms with Crippen LogP contribution in [0, 0.1) is 35.0 Å². The summed E-state index contributed by atoms with van der Waals surface area (Å²) in [5.41, 5.74) is 0.468. The third kappa shape index (κ3) is 4.92. The maximum absolute atomic E-state index is 7.00. The lowest BCUT2D eigenvalue weighted by Gasteiger charge is -2.49. The molecule has 2 aliphatic carbocycles. The first-order valence-electron chi connectivity index (χ1n) is 11.7. The Labute approximate surface area is 171 Å². The fourth-order valence-corrected chi connectivity index (χ4v) is 6.82. The SMILES string of the molecule is CC(C)[C@@H](C)/C=C/[C@@H](C)C1CCC2[C@@H](O[Si](C)(C)C(C)(C)C)CCCC12C.